The number of carbonyl (C=O) groups excluding carboxylic acids is 1. The lowest BCUT2D eigenvalue weighted by atomic mass is 10.2. The van der Waals surface area contributed by atoms with Crippen LogP contribution >= 0.6 is 11.6 Å². The fourth-order valence-corrected chi connectivity index (χ4v) is 1.36. The summed E-state index contributed by atoms with van der Waals surface area (Å²) in [6, 6.07) is 6.00. The second-order valence-corrected chi connectivity index (χ2v) is 3.74. The first kappa shape index (κ1) is 12.3. The molecule has 0 saturated carbocycles. The molecule has 1 amide bonds. The molecule has 1 aromatic heterocycles. The Balaban J connectivity index is 2.19. The van der Waals surface area contributed by atoms with E-state index in [1.165, 1.54) is 18.2 Å². The number of rotatable bonds is 2. The number of benzene rings is 1. The lowest BCUT2D eigenvalue weighted by Crippen LogP contribution is -2.13. The molecule has 2 rings (SSSR count). The quantitative estimate of drug-likeness (QED) is 0.875. The van der Waals surface area contributed by atoms with Crippen LogP contribution in [0.4, 0.5) is 10.2 Å². The van der Waals surface area contributed by atoms with Crippen LogP contribution in [-0.4, -0.2) is 21.2 Å². The van der Waals surface area contributed by atoms with E-state index in [2.05, 4.69) is 15.5 Å². The number of phenols is 1. The summed E-state index contributed by atoms with van der Waals surface area (Å²) in [6.45, 7) is 0. The molecule has 0 aliphatic rings. The molecule has 0 radical (unpaired) electrons. The van der Waals surface area contributed by atoms with E-state index in [9.17, 15) is 14.3 Å². The average Bonchev–Trinajstić information content (AvgIpc) is 2.32. The summed E-state index contributed by atoms with van der Waals surface area (Å²) >= 11 is 5.54. The summed E-state index contributed by atoms with van der Waals surface area (Å²) < 4.78 is 12.8. The molecule has 18 heavy (non-hydrogen) atoms. The standard InChI is InChI=1S/C11H7ClFN3O2/c12-9-3-4-10(16-15-9)14-11(18)7-2-1-6(13)5-8(7)17/h1-5,17H,(H,14,16,18). The Hall–Kier alpha value is -2.21. The minimum atomic E-state index is -0.629. The molecule has 0 saturated heterocycles. The molecule has 0 aliphatic carbocycles. The molecule has 0 aliphatic heterocycles. The molecule has 0 bridgehead atoms. The molecule has 2 aromatic rings. The summed E-state index contributed by atoms with van der Waals surface area (Å²) in [5.41, 5.74) is -0.0619. The highest BCUT2D eigenvalue weighted by Crippen LogP contribution is 2.19. The highest BCUT2D eigenvalue weighted by atomic mass is 35.5. The molecule has 0 spiro atoms. The fourth-order valence-electron chi connectivity index (χ4n) is 1.26. The van der Waals surface area contributed by atoms with Crippen molar-refractivity contribution in [1.29, 1.82) is 0 Å². The van der Waals surface area contributed by atoms with E-state index in [0.29, 0.717) is 0 Å². The van der Waals surface area contributed by atoms with Gasteiger partial charge in [-0.2, -0.15) is 0 Å². The van der Waals surface area contributed by atoms with Crippen LogP contribution in [0.1, 0.15) is 10.4 Å². The van der Waals surface area contributed by atoms with Crippen LogP contribution in [0.2, 0.25) is 5.15 Å². The Morgan fingerprint density at radius 1 is 1.28 bits per heavy atom. The predicted molar refractivity (Wildman–Crippen MR) is 63.1 cm³/mol. The molecule has 7 heteroatoms. The van der Waals surface area contributed by atoms with Gasteiger partial charge in [-0.15, -0.1) is 10.2 Å². The number of amides is 1. The number of aromatic nitrogens is 2. The maximum absolute atomic E-state index is 12.8. The van der Waals surface area contributed by atoms with Crippen LogP contribution in [0, 0.1) is 5.82 Å². The second-order valence-electron chi connectivity index (χ2n) is 3.36. The largest absolute Gasteiger partial charge is 0.507 e. The van der Waals surface area contributed by atoms with Crippen molar-refractivity contribution < 1.29 is 14.3 Å². The lowest BCUT2D eigenvalue weighted by Gasteiger charge is -2.05. The smallest absolute Gasteiger partial charge is 0.260 e. The summed E-state index contributed by atoms with van der Waals surface area (Å²) in [5, 5.41) is 19.2. The van der Waals surface area contributed by atoms with E-state index in [-0.39, 0.29) is 16.5 Å². The molecular formula is C11H7ClFN3O2. The van der Waals surface area contributed by atoms with Crippen molar-refractivity contribution in [2.24, 2.45) is 0 Å². The maximum atomic E-state index is 12.8. The van der Waals surface area contributed by atoms with Crippen LogP contribution in [0.3, 0.4) is 0 Å². The summed E-state index contributed by atoms with van der Waals surface area (Å²) in [7, 11) is 0. The van der Waals surface area contributed by atoms with Crippen molar-refractivity contribution in [3.63, 3.8) is 0 Å². The van der Waals surface area contributed by atoms with Gasteiger partial charge < -0.3 is 10.4 Å². The first-order chi connectivity index (χ1) is 8.56. The SMILES string of the molecule is O=C(Nc1ccc(Cl)nn1)c1ccc(F)cc1O. The number of halogens is 2. The van der Waals surface area contributed by atoms with Gasteiger partial charge in [-0.1, -0.05) is 11.6 Å². The van der Waals surface area contributed by atoms with E-state index >= 15 is 0 Å². The molecule has 92 valence electrons. The van der Waals surface area contributed by atoms with Gasteiger partial charge in [-0.05, 0) is 24.3 Å². The number of hydrogen-bond acceptors (Lipinski definition) is 4. The van der Waals surface area contributed by atoms with Crippen LogP contribution in [0.25, 0.3) is 0 Å². The van der Waals surface area contributed by atoms with Gasteiger partial charge in [-0.25, -0.2) is 4.39 Å². The maximum Gasteiger partial charge on any atom is 0.260 e. The van der Waals surface area contributed by atoms with E-state index in [1.54, 1.807) is 0 Å². The van der Waals surface area contributed by atoms with Crippen molar-refractivity contribution in [1.82, 2.24) is 10.2 Å². The number of nitrogens with one attached hydrogen (secondary N) is 1. The van der Waals surface area contributed by atoms with Crippen molar-refractivity contribution in [3.05, 3.63) is 46.9 Å². The minimum Gasteiger partial charge on any atom is -0.507 e. The average molecular weight is 268 g/mol. The van der Waals surface area contributed by atoms with Gasteiger partial charge in [0.15, 0.2) is 11.0 Å². The van der Waals surface area contributed by atoms with Crippen LogP contribution in [0.15, 0.2) is 30.3 Å². The third-order valence-corrected chi connectivity index (χ3v) is 2.28. The Labute approximate surface area is 106 Å². The van der Waals surface area contributed by atoms with Gasteiger partial charge in [0, 0.05) is 6.07 Å². The monoisotopic (exact) mass is 267 g/mol. The lowest BCUT2D eigenvalue weighted by molar-refractivity contribution is 0.102. The van der Waals surface area contributed by atoms with Gasteiger partial charge >= 0.3 is 0 Å². The predicted octanol–water partition coefficient (Wildman–Crippen LogP) is 2.23. The molecule has 0 fully saturated rings. The van der Waals surface area contributed by atoms with E-state index in [0.717, 1.165) is 12.1 Å². The molecule has 2 N–H and O–H groups in total. The molecule has 0 unspecified atom stereocenters. The summed E-state index contributed by atoms with van der Waals surface area (Å²) in [4.78, 5) is 11.7. The van der Waals surface area contributed by atoms with Crippen LogP contribution in [-0.2, 0) is 0 Å². The Morgan fingerprint density at radius 3 is 2.67 bits per heavy atom. The molecule has 0 atom stereocenters. The highest BCUT2D eigenvalue weighted by molar-refractivity contribution is 6.29. The van der Waals surface area contributed by atoms with Crippen molar-refractivity contribution in [3.8, 4) is 5.75 Å². The zero-order valence-electron chi connectivity index (χ0n) is 8.89. The zero-order chi connectivity index (χ0) is 13.1. The molecule has 5 nitrogen and oxygen atoms in total. The number of anilines is 1. The number of carbonyl (C=O) groups is 1. The van der Waals surface area contributed by atoms with Gasteiger partial charge in [0.1, 0.15) is 11.6 Å². The first-order valence-electron chi connectivity index (χ1n) is 4.85. The Bertz CT molecular complexity index is 589. The first-order valence-corrected chi connectivity index (χ1v) is 5.23. The molecular weight excluding hydrogens is 261 g/mol. The number of hydrogen-bond donors (Lipinski definition) is 2. The fraction of sp³-hybridized carbons (Fsp3) is 0. The van der Waals surface area contributed by atoms with Crippen LogP contribution in [0.5, 0.6) is 5.75 Å². The van der Waals surface area contributed by atoms with Gasteiger partial charge in [0.2, 0.25) is 0 Å². The number of aromatic hydroxyl groups is 1. The van der Waals surface area contributed by atoms with E-state index in [1.807, 2.05) is 0 Å². The summed E-state index contributed by atoms with van der Waals surface area (Å²) in [6.07, 6.45) is 0. The van der Waals surface area contributed by atoms with E-state index in [4.69, 9.17) is 11.6 Å². The minimum absolute atomic E-state index is 0.0619. The van der Waals surface area contributed by atoms with Crippen molar-refractivity contribution >= 4 is 23.3 Å². The van der Waals surface area contributed by atoms with Gasteiger partial charge in [-0.3, -0.25) is 4.79 Å². The van der Waals surface area contributed by atoms with Crippen molar-refractivity contribution in [2.75, 3.05) is 5.32 Å². The van der Waals surface area contributed by atoms with Crippen molar-refractivity contribution in [2.45, 2.75) is 0 Å². The number of phenolic OH excluding ortho intramolecular Hbond substituents is 1. The zero-order valence-corrected chi connectivity index (χ0v) is 9.65. The van der Waals surface area contributed by atoms with Crippen LogP contribution < -0.4 is 5.32 Å². The Morgan fingerprint density at radius 2 is 2.06 bits per heavy atom. The van der Waals surface area contributed by atoms with Gasteiger partial charge in [0.05, 0.1) is 5.56 Å². The summed E-state index contributed by atoms with van der Waals surface area (Å²) in [5.74, 6) is -1.53. The topological polar surface area (TPSA) is 75.1 Å². The second kappa shape index (κ2) is 4.97. The molecule has 1 heterocycles. The Kier molecular flexibility index (Phi) is 3.38. The third kappa shape index (κ3) is 2.72. The third-order valence-electron chi connectivity index (χ3n) is 2.08. The van der Waals surface area contributed by atoms with Gasteiger partial charge in [0.25, 0.3) is 5.91 Å². The van der Waals surface area contributed by atoms with E-state index < -0.39 is 17.5 Å². The normalized spacial score (nSPS) is 10.1. The molecule has 1 aromatic carbocycles. The number of nitrogens with zero attached hydrogens (tertiary/aromatic N) is 2. The highest BCUT2D eigenvalue weighted by Gasteiger charge is 2.12.